The fourth-order valence-corrected chi connectivity index (χ4v) is 3.70. The Morgan fingerprint density at radius 3 is 2.60 bits per heavy atom. The number of methoxy groups -OCH3 is 1. The van der Waals surface area contributed by atoms with Crippen molar-refractivity contribution in [1.29, 1.82) is 0 Å². The molecule has 0 aliphatic carbocycles. The first-order valence-electron chi connectivity index (χ1n) is 10.1. The van der Waals surface area contributed by atoms with Crippen LogP contribution >= 0.6 is 0 Å². The number of rotatable bonds is 5. The number of pyridine rings is 1. The Morgan fingerprint density at radius 1 is 1.10 bits per heavy atom. The molecule has 7 heteroatoms. The average Bonchev–Trinajstić information content (AvgIpc) is 2.79. The topological polar surface area (TPSA) is 80.2 Å². The van der Waals surface area contributed by atoms with Crippen molar-refractivity contribution in [2.45, 2.75) is 19.8 Å². The van der Waals surface area contributed by atoms with Gasteiger partial charge in [-0.05, 0) is 61.7 Å². The van der Waals surface area contributed by atoms with Crippen LogP contribution in [0.4, 0.5) is 11.6 Å². The molecule has 0 unspecified atom stereocenters. The lowest BCUT2D eigenvalue weighted by molar-refractivity contribution is -0.120. The third kappa shape index (κ3) is 4.40. The first-order chi connectivity index (χ1) is 14.6. The first kappa shape index (κ1) is 19.8. The molecule has 3 aromatic rings. The molecular weight excluding hydrogens is 378 g/mol. The number of piperidine rings is 1. The summed E-state index contributed by atoms with van der Waals surface area (Å²) in [5.41, 5.74) is 2.76. The van der Waals surface area contributed by atoms with E-state index in [1.54, 1.807) is 13.3 Å². The van der Waals surface area contributed by atoms with Crippen LogP contribution in [0, 0.1) is 12.8 Å². The molecular formula is C23H25N5O2. The predicted octanol–water partition coefficient (Wildman–Crippen LogP) is 3.71. The van der Waals surface area contributed by atoms with Crippen LogP contribution in [0.15, 0.2) is 54.7 Å². The van der Waals surface area contributed by atoms with Crippen LogP contribution in [-0.4, -0.2) is 41.3 Å². The van der Waals surface area contributed by atoms with Crippen molar-refractivity contribution in [2.24, 2.45) is 5.92 Å². The molecule has 1 aliphatic rings. The molecule has 4 rings (SSSR count). The normalized spacial score (nSPS) is 14.4. The number of nitrogens with one attached hydrogen (secondary N) is 1. The summed E-state index contributed by atoms with van der Waals surface area (Å²) in [7, 11) is 1.65. The monoisotopic (exact) mass is 403 g/mol. The summed E-state index contributed by atoms with van der Waals surface area (Å²) >= 11 is 0. The second-order valence-electron chi connectivity index (χ2n) is 7.45. The van der Waals surface area contributed by atoms with Gasteiger partial charge in [0.2, 0.25) is 5.91 Å². The molecule has 3 heterocycles. The minimum atomic E-state index is -0.0237. The zero-order valence-corrected chi connectivity index (χ0v) is 17.2. The van der Waals surface area contributed by atoms with Crippen LogP contribution in [0.2, 0.25) is 0 Å². The van der Waals surface area contributed by atoms with E-state index in [2.05, 4.69) is 25.4 Å². The number of amides is 1. The third-order valence-electron chi connectivity index (χ3n) is 5.39. The van der Waals surface area contributed by atoms with Gasteiger partial charge >= 0.3 is 0 Å². The summed E-state index contributed by atoms with van der Waals surface area (Å²) in [5, 5.41) is 11.7. The van der Waals surface area contributed by atoms with E-state index < -0.39 is 0 Å². The molecule has 1 N–H and O–H groups in total. The molecule has 30 heavy (non-hydrogen) atoms. The first-order valence-corrected chi connectivity index (χ1v) is 10.1. The number of aromatic nitrogens is 3. The highest BCUT2D eigenvalue weighted by atomic mass is 16.5. The second-order valence-corrected chi connectivity index (χ2v) is 7.45. The van der Waals surface area contributed by atoms with Gasteiger partial charge in [0, 0.05) is 30.8 Å². The highest BCUT2D eigenvalue weighted by molar-refractivity contribution is 5.91. The van der Waals surface area contributed by atoms with Crippen LogP contribution in [0.3, 0.4) is 0 Å². The van der Waals surface area contributed by atoms with Gasteiger partial charge in [-0.1, -0.05) is 12.1 Å². The largest absolute Gasteiger partial charge is 0.496 e. The van der Waals surface area contributed by atoms with Gasteiger partial charge in [-0.2, -0.15) is 0 Å². The molecule has 0 radical (unpaired) electrons. The number of nitrogens with zero attached hydrogens (tertiary/aromatic N) is 4. The molecule has 0 bridgehead atoms. The Labute approximate surface area is 176 Å². The van der Waals surface area contributed by atoms with E-state index >= 15 is 0 Å². The lowest BCUT2D eigenvalue weighted by atomic mass is 9.96. The van der Waals surface area contributed by atoms with Gasteiger partial charge in [-0.3, -0.25) is 4.79 Å². The molecule has 2 aromatic heterocycles. The Bertz CT molecular complexity index is 1010. The minimum absolute atomic E-state index is 0.0237. The fraction of sp³-hybridized carbons (Fsp3) is 0.304. The standard InChI is InChI=1S/C23H25N5O2/c1-16-9-12-24-21(15-16)25-23(29)17-10-13-28(14-11-17)22-8-7-19(26-27-22)18-5-3-4-6-20(18)30-2/h3-9,12,15,17H,10-11,13-14H2,1-2H3,(H,24,25,29). The van der Waals surface area contributed by atoms with Gasteiger partial charge < -0.3 is 15.0 Å². The molecule has 1 aromatic carbocycles. The Kier molecular flexibility index (Phi) is 5.88. The van der Waals surface area contributed by atoms with E-state index in [0.717, 1.165) is 54.3 Å². The fourth-order valence-electron chi connectivity index (χ4n) is 3.70. The number of benzene rings is 1. The van der Waals surface area contributed by atoms with Gasteiger partial charge in [-0.25, -0.2) is 4.98 Å². The van der Waals surface area contributed by atoms with Crippen LogP contribution in [0.5, 0.6) is 5.75 Å². The summed E-state index contributed by atoms with van der Waals surface area (Å²) in [4.78, 5) is 19.0. The van der Waals surface area contributed by atoms with E-state index in [0.29, 0.717) is 5.82 Å². The zero-order chi connectivity index (χ0) is 20.9. The Morgan fingerprint density at radius 2 is 1.90 bits per heavy atom. The van der Waals surface area contributed by atoms with Crippen LogP contribution in [0.25, 0.3) is 11.3 Å². The van der Waals surface area contributed by atoms with Gasteiger partial charge in [0.25, 0.3) is 0 Å². The molecule has 7 nitrogen and oxygen atoms in total. The number of para-hydroxylation sites is 1. The van der Waals surface area contributed by atoms with Crippen molar-refractivity contribution in [3.63, 3.8) is 0 Å². The van der Waals surface area contributed by atoms with Gasteiger partial charge in [0.1, 0.15) is 11.6 Å². The van der Waals surface area contributed by atoms with Crippen LogP contribution in [0.1, 0.15) is 18.4 Å². The highest BCUT2D eigenvalue weighted by Gasteiger charge is 2.26. The molecule has 0 atom stereocenters. The molecule has 1 fully saturated rings. The molecule has 0 spiro atoms. The minimum Gasteiger partial charge on any atom is -0.496 e. The number of carbonyl (C=O) groups excluding carboxylic acids is 1. The molecule has 1 amide bonds. The van der Waals surface area contributed by atoms with Crippen molar-refractivity contribution in [1.82, 2.24) is 15.2 Å². The summed E-state index contributed by atoms with van der Waals surface area (Å²) in [6.07, 6.45) is 3.25. The summed E-state index contributed by atoms with van der Waals surface area (Å²) < 4.78 is 5.41. The van der Waals surface area contributed by atoms with Crippen molar-refractivity contribution >= 4 is 17.5 Å². The second kappa shape index (κ2) is 8.90. The van der Waals surface area contributed by atoms with E-state index in [9.17, 15) is 4.79 Å². The molecule has 0 saturated carbocycles. The number of hydrogen-bond acceptors (Lipinski definition) is 6. The number of aryl methyl sites for hydroxylation is 1. The van der Waals surface area contributed by atoms with Crippen molar-refractivity contribution in [2.75, 3.05) is 30.4 Å². The Hall–Kier alpha value is -3.48. The third-order valence-corrected chi connectivity index (χ3v) is 5.39. The lowest BCUT2D eigenvalue weighted by Crippen LogP contribution is -2.38. The summed E-state index contributed by atoms with van der Waals surface area (Å²) in [6, 6.07) is 15.5. The lowest BCUT2D eigenvalue weighted by Gasteiger charge is -2.31. The highest BCUT2D eigenvalue weighted by Crippen LogP contribution is 2.29. The summed E-state index contributed by atoms with van der Waals surface area (Å²) in [5.74, 6) is 2.22. The van der Waals surface area contributed by atoms with Crippen molar-refractivity contribution in [3.05, 3.63) is 60.3 Å². The number of ether oxygens (including phenoxy) is 1. The zero-order valence-electron chi connectivity index (χ0n) is 17.2. The molecule has 1 aliphatic heterocycles. The number of carbonyl (C=O) groups is 1. The quantitative estimate of drug-likeness (QED) is 0.700. The smallest absolute Gasteiger partial charge is 0.228 e. The van der Waals surface area contributed by atoms with Crippen LogP contribution in [-0.2, 0) is 4.79 Å². The van der Waals surface area contributed by atoms with E-state index in [4.69, 9.17) is 4.74 Å². The number of hydrogen-bond donors (Lipinski definition) is 1. The SMILES string of the molecule is COc1ccccc1-c1ccc(N2CCC(C(=O)Nc3cc(C)ccn3)CC2)nn1. The van der Waals surface area contributed by atoms with E-state index in [-0.39, 0.29) is 11.8 Å². The maximum absolute atomic E-state index is 12.6. The predicted molar refractivity (Wildman–Crippen MR) is 117 cm³/mol. The maximum Gasteiger partial charge on any atom is 0.228 e. The van der Waals surface area contributed by atoms with Gasteiger partial charge in [-0.15, -0.1) is 10.2 Å². The van der Waals surface area contributed by atoms with Crippen molar-refractivity contribution < 1.29 is 9.53 Å². The molecule has 1 saturated heterocycles. The Balaban J connectivity index is 1.36. The van der Waals surface area contributed by atoms with Crippen LogP contribution < -0.4 is 15.0 Å². The van der Waals surface area contributed by atoms with E-state index in [1.165, 1.54) is 0 Å². The average molecular weight is 403 g/mol. The van der Waals surface area contributed by atoms with Gasteiger partial charge in [0.15, 0.2) is 5.82 Å². The summed E-state index contributed by atoms with van der Waals surface area (Å²) in [6.45, 7) is 3.51. The maximum atomic E-state index is 12.6. The number of anilines is 2. The van der Waals surface area contributed by atoms with Crippen molar-refractivity contribution in [3.8, 4) is 17.0 Å². The van der Waals surface area contributed by atoms with Gasteiger partial charge in [0.05, 0.1) is 12.8 Å². The van der Waals surface area contributed by atoms with E-state index in [1.807, 2.05) is 55.5 Å². The molecule has 154 valence electrons.